The Morgan fingerprint density at radius 1 is 1.06 bits per heavy atom. The Hall–Kier alpha value is -2.33. The maximum Gasteiger partial charge on any atom is 0.224 e. The minimum Gasteiger partial charge on any atom is -0.492 e. The van der Waals surface area contributed by atoms with Gasteiger partial charge in [-0.1, -0.05) is 24.3 Å². The molecule has 0 spiro atoms. The molecule has 33 heavy (non-hydrogen) atoms. The first-order valence-electron chi connectivity index (χ1n) is 11.5. The minimum absolute atomic E-state index is 0. The maximum absolute atomic E-state index is 11.5. The van der Waals surface area contributed by atoms with Crippen molar-refractivity contribution in [2.45, 2.75) is 38.8 Å². The van der Waals surface area contributed by atoms with Gasteiger partial charge in [-0.3, -0.25) is 14.7 Å². The van der Waals surface area contributed by atoms with Crippen LogP contribution in [0.25, 0.3) is 0 Å². The van der Waals surface area contributed by atoms with Crippen LogP contribution in [-0.4, -0.2) is 50.1 Å². The summed E-state index contributed by atoms with van der Waals surface area (Å²) < 4.78 is 5.86. The maximum atomic E-state index is 11.5. The number of anilines is 1. The molecule has 1 saturated heterocycles. The molecule has 0 radical (unpaired) electrons. The monoisotopic (exact) mass is 563 g/mol. The third-order valence-electron chi connectivity index (χ3n) is 5.95. The van der Waals surface area contributed by atoms with Gasteiger partial charge in [-0.15, -0.1) is 24.0 Å². The second-order valence-corrected chi connectivity index (χ2v) is 8.37. The molecule has 2 aromatic carbocycles. The van der Waals surface area contributed by atoms with Crippen LogP contribution in [0, 0.1) is 0 Å². The van der Waals surface area contributed by atoms with E-state index in [2.05, 4.69) is 50.1 Å². The number of nitrogens with zero attached hydrogens (tertiary/aromatic N) is 2. The van der Waals surface area contributed by atoms with Gasteiger partial charge in [0.2, 0.25) is 5.91 Å². The standard InChI is InChI=1S/C25H33N5O2.HI/c1-26-25(28-17-19-4-6-20(7-5-19)18-30-13-2-3-14-30)27-12-15-32-22-9-10-23-21(16-22)8-11-24(31)29-23;/h4-7,9-10,16H,2-3,8,11-15,17-18H2,1H3,(H,29,31)(H2,26,27,28);1H. The predicted molar refractivity (Wildman–Crippen MR) is 143 cm³/mol. The van der Waals surface area contributed by atoms with E-state index in [9.17, 15) is 4.79 Å². The number of ether oxygens (including phenoxy) is 1. The average Bonchev–Trinajstić information content (AvgIpc) is 3.32. The van der Waals surface area contributed by atoms with Crippen molar-refractivity contribution < 1.29 is 9.53 Å². The Balaban J connectivity index is 0.00000306. The van der Waals surface area contributed by atoms with Crippen LogP contribution in [0.15, 0.2) is 47.5 Å². The fourth-order valence-corrected chi connectivity index (χ4v) is 4.16. The molecule has 2 heterocycles. The summed E-state index contributed by atoms with van der Waals surface area (Å²) >= 11 is 0. The van der Waals surface area contributed by atoms with Crippen LogP contribution < -0.4 is 20.7 Å². The van der Waals surface area contributed by atoms with Crippen LogP contribution >= 0.6 is 24.0 Å². The summed E-state index contributed by atoms with van der Waals surface area (Å²) in [6, 6.07) is 14.6. The first kappa shape index (κ1) is 25.3. The first-order chi connectivity index (χ1) is 15.7. The molecule has 1 fully saturated rings. The van der Waals surface area contributed by atoms with Crippen molar-refractivity contribution in [3.63, 3.8) is 0 Å². The lowest BCUT2D eigenvalue weighted by atomic mass is 10.0. The van der Waals surface area contributed by atoms with Gasteiger partial charge in [-0.05, 0) is 67.2 Å². The third kappa shape index (κ3) is 7.60. The van der Waals surface area contributed by atoms with E-state index in [-0.39, 0.29) is 29.9 Å². The zero-order valence-electron chi connectivity index (χ0n) is 19.2. The summed E-state index contributed by atoms with van der Waals surface area (Å²) in [6.07, 6.45) is 3.94. The fourth-order valence-electron chi connectivity index (χ4n) is 4.16. The summed E-state index contributed by atoms with van der Waals surface area (Å²) in [4.78, 5) is 18.3. The largest absolute Gasteiger partial charge is 0.492 e. The summed E-state index contributed by atoms with van der Waals surface area (Å²) in [5.74, 6) is 1.65. The molecule has 0 unspecified atom stereocenters. The topological polar surface area (TPSA) is 78.0 Å². The Kier molecular flexibility index (Phi) is 9.80. The Morgan fingerprint density at radius 3 is 2.58 bits per heavy atom. The second-order valence-electron chi connectivity index (χ2n) is 8.37. The lowest BCUT2D eigenvalue weighted by molar-refractivity contribution is -0.116. The van der Waals surface area contributed by atoms with Gasteiger partial charge in [0.05, 0.1) is 6.54 Å². The highest BCUT2D eigenvalue weighted by molar-refractivity contribution is 14.0. The van der Waals surface area contributed by atoms with Crippen molar-refractivity contribution in [1.82, 2.24) is 15.5 Å². The molecular formula is C25H34IN5O2. The quantitative estimate of drug-likeness (QED) is 0.198. The van der Waals surface area contributed by atoms with E-state index in [1.807, 2.05) is 18.2 Å². The molecule has 1 amide bonds. The summed E-state index contributed by atoms with van der Waals surface area (Å²) in [6.45, 7) is 5.38. The Morgan fingerprint density at radius 2 is 1.82 bits per heavy atom. The molecule has 0 aliphatic carbocycles. The molecule has 2 aliphatic heterocycles. The van der Waals surface area contributed by atoms with Crippen molar-refractivity contribution in [3.05, 3.63) is 59.2 Å². The SMILES string of the molecule is CN=C(NCCOc1ccc2c(c1)CCC(=O)N2)NCc1ccc(CN2CCCC2)cc1.I. The molecule has 2 aromatic rings. The predicted octanol–water partition coefficient (Wildman–Crippen LogP) is 3.53. The van der Waals surface area contributed by atoms with Gasteiger partial charge in [0.25, 0.3) is 0 Å². The van der Waals surface area contributed by atoms with Gasteiger partial charge in [-0.2, -0.15) is 0 Å². The normalized spacial score (nSPS) is 15.9. The van der Waals surface area contributed by atoms with E-state index < -0.39 is 0 Å². The Labute approximate surface area is 213 Å². The molecular weight excluding hydrogens is 529 g/mol. The van der Waals surface area contributed by atoms with E-state index >= 15 is 0 Å². The van der Waals surface area contributed by atoms with Crippen LogP contribution in [0.5, 0.6) is 5.75 Å². The van der Waals surface area contributed by atoms with Gasteiger partial charge in [0, 0.05) is 32.2 Å². The number of rotatable bonds is 8. The van der Waals surface area contributed by atoms with Crippen LogP contribution in [0.1, 0.15) is 36.0 Å². The number of carbonyl (C=O) groups excluding carboxylic acids is 1. The van der Waals surface area contributed by atoms with Gasteiger partial charge < -0.3 is 20.7 Å². The highest BCUT2D eigenvalue weighted by atomic mass is 127. The fraction of sp³-hybridized carbons (Fsp3) is 0.440. The van der Waals surface area contributed by atoms with Gasteiger partial charge in [0.1, 0.15) is 12.4 Å². The lowest BCUT2D eigenvalue weighted by Crippen LogP contribution is -2.38. The van der Waals surface area contributed by atoms with Crippen LogP contribution in [0.4, 0.5) is 5.69 Å². The highest BCUT2D eigenvalue weighted by Crippen LogP contribution is 2.26. The molecule has 7 nitrogen and oxygen atoms in total. The summed E-state index contributed by atoms with van der Waals surface area (Å²) in [5.41, 5.74) is 4.62. The highest BCUT2D eigenvalue weighted by Gasteiger charge is 2.15. The number of aliphatic imine (C=N–C) groups is 1. The number of likely N-dealkylation sites (tertiary alicyclic amines) is 1. The molecule has 0 bridgehead atoms. The molecule has 0 atom stereocenters. The van der Waals surface area contributed by atoms with E-state index in [1.165, 1.54) is 37.1 Å². The molecule has 4 rings (SSSR count). The van der Waals surface area contributed by atoms with Crippen molar-refractivity contribution in [3.8, 4) is 5.75 Å². The summed E-state index contributed by atoms with van der Waals surface area (Å²) in [7, 11) is 1.77. The van der Waals surface area contributed by atoms with Crippen LogP contribution in [0.3, 0.4) is 0 Å². The third-order valence-corrected chi connectivity index (χ3v) is 5.95. The summed E-state index contributed by atoms with van der Waals surface area (Å²) in [5, 5.41) is 9.53. The molecule has 8 heteroatoms. The van der Waals surface area contributed by atoms with E-state index in [1.54, 1.807) is 7.05 Å². The van der Waals surface area contributed by atoms with Crippen molar-refractivity contribution >= 4 is 41.5 Å². The number of fused-ring (bicyclic) bond motifs is 1. The van der Waals surface area contributed by atoms with Gasteiger partial charge >= 0.3 is 0 Å². The zero-order chi connectivity index (χ0) is 22.2. The molecule has 0 aromatic heterocycles. The lowest BCUT2D eigenvalue weighted by Gasteiger charge is -2.18. The number of halogens is 1. The Bertz CT molecular complexity index is 942. The van der Waals surface area contributed by atoms with Crippen molar-refractivity contribution in [2.75, 3.05) is 38.6 Å². The number of benzene rings is 2. The van der Waals surface area contributed by atoms with E-state index in [0.717, 1.165) is 42.5 Å². The number of hydrogen-bond donors (Lipinski definition) is 3. The smallest absolute Gasteiger partial charge is 0.224 e. The van der Waals surface area contributed by atoms with Crippen LogP contribution in [0.2, 0.25) is 0 Å². The van der Waals surface area contributed by atoms with Gasteiger partial charge in [0.15, 0.2) is 5.96 Å². The molecule has 2 aliphatic rings. The zero-order valence-corrected chi connectivity index (χ0v) is 21.6. The molecule has 3 N–H and O–H groups in total. The number of nitrogens with one attached hydrogen (secondary N) is 3. The number of hydrogen-bond acceptors (Lipinski definition) is 4. The first-order valence-corrected chi connectivity index (χ1v) is 11.5. The number of guanidine groups is 1. The number of amides is 1. The number of carbonyl (C=O) groups is 1. The molecule has 178 valence electrons. The minimum atomic E-state index is 0. The van der Waals surface area contributed by atoms with Gasteiger partial charge in [-0.25, -0.2) is 0 Å². The van der Waals surface area contributed by atoms with Crippen molar-refractivity contribution in [1.29, 1.82) is 0 Å². The second kappa shape index (κ2) is 12.8. The van der Waals surface area contributed by atoms with E-state index in [4.69, 9.17) is 4.74 Å². The van der Waals surface area contributed by atoms with E-state index in [0.29, 0.717) is 19.6 Å². The van der Waals surface area contributed by atoms with Crippen molar-refractivity contribution in [2.24, 2.45) is 4.99 Å². The van der Waals surface area contributed by atoms with Crippen LogP contribution in [-0.2, 0) is 24.3 Å². The number of aryl methyl sites for hydroxylation is 1. The molecule has 0 saturated carbocycles. The average molecular weight is 563 g/mol.